The maximum atomic E-state index is 9.03. The number of hydrogen-bond donors (Lipinski definition) is 1. The van der Waals surface area contributed by atoms with E-state index in [0.717, 1.165) is 23.1 Å². The van der Waals surface area contributed by atoms with Crippen molar-refractivity contribution in [2.24, 2.45) is 0 Å². The van der Waals surface area contributed by atoms with Crippen molar-refractivity contribution in [1.29, 1.82) is 5.26 Å². The van der Waals surface area contributed by atoms with Gasteiger partial charge in [-0.25, -0.2) is 0 Å². The summed E-state index contributed by atoms with van der Waals surface area (Å²) >= 11 is 1.78. The molecule has 128 valence electrons. The Morgan fingerprint density at radius 1 is 1.08 bits per heavy atom. The zero-order valence-electron chi connectivity index (χ0n) is 14.9. The van der Waals surface area contributed by atoms with Gasteiger partial charge in [-0.15, -0.1) is 0 Å². The highest BCUT2D eigenvalue weighted by atomic mass is 32.2. The van der Waals surface area contributed by atoms with Gasteiger partial charge in [0.1, 0.15) is 0 Å². The summed E-state index contributed by atoms with van der Waals surface area (Å²) in [5.74, 6) is 0.472. The third kappa shape index (κ3) is 4.07. The Balaban J connectivity index is 1.77. The largest absolute Gasteiger partial charge is 0.317 e. The quantitative estimate of drug-likeness (QED) is 0.618. The lowest BCUT2D eigenvalue weighted by Crippen LogP contribution is -2.15. The molecule has 1 N–H and O–H groups in total. The van der Waals surface area contributed by atoms with Gasteiger partial charge in [-0.1, -0.05) is 44.9 Å². The molecule has 0 aliphatic rings. The van der Waals surface area contributed by atoms with E-state index in [1.807, 2.05) is 18.2 Å². The monoisotopic (exact) mass is 349 g/mol. The van der Waals surface area contributed by atoms with E-state index in [0.29, 0.717) is 16.7 Å². The van der Waals surface area contributed by atoms with E-state index >= 15 is 0 Å². The number of nitrogens with one attached hydrogen (secondary N) is 1. The fraction of sp³-hybridized carbons (Fsp3) is 0.286. The van der Waals surface area contributed by atoms with Crippen LogP contribution in [-0.4, -0.2) is 16.4 Å². The van der Waals surface area contributed by atoms with E-state index in [2.05, 4.69) is 72.7 Å². The van der Waals surface area contributed by atoms with Gasteiger partial charge in [0.25, 0.3) is 0 Å². The second-order valence-electron chi connectivity index (χ2n) is 6.58. The third-order valence-electron chi connectivity index (χ3n) is 4.27. The number of nitrogens with zero attached hydrogens (tertiary/aromatic N) is 2. The van der Waals surface area contributed by atoms with Crippen molar-refractivity contribution in [3.8, 4) is 11.8 Å². The van der Waals surface area contributed by atoms with Crippen molar-refractivity contribution >= 4 is 22.9 Å². The lowest BCUT2D eigenvalue weighted by molar-refractivity contribution is 0.739. The summed E-state index contributed by atoms with van der Waals surface area (Å²) in [7, 11) is 0. The van der Waals surface area contributed by atoms with Crippen LogP contribution in [-0.2, 0) is 0 Å². The molecule has 1 atom stereocenters. The van der Waals surface area contributed by atoms with Crippen molar-refractivity contribution < 1.29 is 0 Å². The van der Waals surface area contributed by atoms with E-state index in [1.54, 1.807) is 11.9 Å². The van der Waals surface area contributed by atoms with Crippen LogP contribution in [0.2, 0.25) is 0 Å². The first-order valence-electron chi connectivity index (χ1n) is 8.58. The normalized spacial score (nSPS) is 12.4. The van der Waals surface area contributed by atoms with E-state index in [9.17, 15) is 0 Å². The molecule has 0 bridgehead atoms. The molecule has 0 amide bonds. The maximum Gasteiger partial charge on any atom is 0.0991 e. The molecule has 1 unspecified atom stereocenters. The number of nitriles is 1. The minimum Gasteiger partial charge on any atom is -0.317 e. The summed E-state index contributed by atoms with van der Waals surface area (Å²) in [5.41, 5.74) is 4.29. The minimum atomic E-state index is 0.472. The maximum absolute atomic E-state index is 9.03. The summed E-state index contributed by atoms with van der Waals surface area (Å²) in [6, 6.07) is 18.8. The second kappa shape index (κ2) is 7.77. The van der Waals surface area contributed by atoms with Gasteiger partial charge in [0.15, 0.2) is 0 Å². The van der Waals surface area contributed by atoms with Crippen molar-refractivity contribution in [3.05, 3.63) is 65.9 Å². The zero-order chi connectivity index (χ0) is 17.8. The smallest absolute Gasteiger partial charge is 0.0991 e. The number of hydrogen-bond acceptors (Lipinski definition) is 3. The average molecular weight is 350 g/mol. The van der Waals surface area contributed by atoms with Crippen LogP contribution in [0.5, 0.6) is 0 Å². The molecule has 0 saturated carbocycles. The molecule has 0 aliphatic carbocycles. The zero-order valence-corrected chi connectivity index (χ0v) is 15.7. The Kier molecular flexibility index (Phi) is 5.47. The average Bonchev–Trinajstić information content (AvgIpc) is 3.04. The van der Waals surface area contributed by atoms with Gasteiger partial charge in [0, 0.05) is 29.1 Å². The molecule has 0 aliphatic heterocycles. The van der Waals surface area contributed by atoms with Crippen molar-refractivity contribution in [1.82, 2.24) is 9.29 Å². The predicted octanol–water partition coefficient (Wildman–Crippen LogP) is 5.25. The Bertz CT molecular complexity index is 888. The minimum absolute atomic E-state index is 0.472. The Hall–Kier alpha value is -2.22. The van der Waals surface area contributed by atoms with Crippen molar-refractivity contribution in [3.63, 3.8) is 0 Å². The SMILES string of the molecule is CC(C)SNCC(C)c1ccc(-n2ccc3cc(C#N)ccc32)cc1. The Morgan fingerprint density at radius 2 is 1.84 bits per heavy atom. The summed E-state index contributed by atoms with van der Waals surface area (Å²) in [6.45, 7) is 7.60. The van der Waals surface area contributed by atoms with Crippen LogP contribution in [0, 0.1) is 11.3 Å². The van der Waals surface area contributed by atoms with Crippen LogP contribution >= 0.6 is 11.9 Å². The highest BCUT2D eigenvalue weighted by molar-refractivity contribution is 7.97. The van der Waals surface area contributed by atoms with Crippen LogP contribution in [0.25, 0.3) is 16.6 Å². The highest BCUT2D eigenvalue weighted by Crippen LogP contribution is 2.23. The molecular weight excluding hydrogens is 326 g/mol. The Morgan fingerprint density at radius 3 is 2.52 bits per heavy atom. The van der Waals surface area contributed by atoms with Crippen LogP contribution in [0.1, 0.15) is 37.8 Å². The number of fused-ring (bicyclic) bond motifs is 1. The van der Waals surface area contributed by atoms with Gasteiger partial charge in [-0.2, -0.15) is 5.26 Å². The van der Waals surface area contributed by atoms with Gasteiger partial charge in [0.05, 0.1) is 17.1 Å². The van der Waals surface area contributed by atoms with Crippen LogP contribution in [0.4, 0.5) is 0 Å². The fourth-order valence-electron chi connectivity index (χ4n) is 2.86. The first-order chi connectivity index (χ1) is 12.1. The Labute approximate surface area is 153 Å². The van der Waals surface area contributed by atoms with Crippen LogP contribution < -0.4 is 4.72 Å². The molecule has 0 radical (unpaired) electrons. The fourth-order valence-corrected chi connectivity index (χ4v) is 3.54. The summed E-state index contributed by atoms with van der Waals surface area (Å²) in [5, 5.41) is 10.7. The molecule has 4 heteroatoms. The summed E-state index contributed by atoms with van der Waals surface area (Å²) in [4.78, 5) is 0. The molecule has 0 spiro atoms. The molecule has 0 fully saturated rings. The number of rotatable bonds is 6. The summed E-state index contributed by atoms with van der Waals surface area (Å²) in [6.07, 6.45) is 2.06. The van der Waals surface area contributed by atoms with Gasteiger partial charge < -0.3 is 4.57 Å². The van der Waals surface area contributed by atoms with Gasteiger partial charge in [-0.05, 0) is 47.9 Å². The predicted molar refractivity (Wildman–Crippen MR) is 107 cm³/mol. The second-order valence-corrected chi connectivity index (χ2v) is 8.05. The van der Waals surface area contributed by atoms with Gasteiger partial charge >= 0.3 is 0 Å². The number of aromatic nitrogens is 1. The van der Waals surface area contributed by atoms with Crippen LogP contribution in [0.3, 0.4) is 0 Å². The van der Waals surface area contributed by atoms with Crippen molar-refractivity contribution in [2.45, 2.75) is 31.9 Å². The molecule has 3 rings (SSSR count). The van der Waals surface area contributed by atoms with Gasteiger partial charge in [0.2, 0.25) is 0 Å². The summed E-state index contributed by atoms with van der Waals surface area (Å²) < 4.78 is 5.61. The first kappa shape index (κ1) is 17.6. The molecule has 0 saturated heterocycles. The lowest BCUT2D eigenvalue weighted by Gasteiger charge is -2.15. The lowest BCUT2D eigenvalue weighted by atomic mass is 10.0. The molecule has 3 aromatic rings. The highest BCUT2D eigenvalue weighted by Gasteiger charge is 2.08. The topological polar surface area (TPSA) is 40.8 Å². The van der Waals surface area contributed by atoms with E-state index in [1.165, 1.54) is 5.56 Å². The molecular formula is C21H23N3S. The molecule has 2 aromatic carbocycles. The first-order valence-corrected chi connectivity index (χ1v) is 9.46. The van der Waals surface area contributed by atoms with E-state index in [-0.39, 0.29) is 0 Å². The molecule has 25 heavy (non-hydrogen) atoms. The third-order valence-corrected chi connectivity index (χ3v) is 5.07. The van der Waals surface area contributed by atoms with E-state index < -0.39 is 0 Å². The molecule has 1 heterocycles. The van der Waals surface area contributed by atoms with Crippen molar-refractivity contribution in [2.75, 3.05) is 6.54 Å². The number of benzene rings is 2. The molecule has 1 aromatic heterocycles. The van der Waals surface area contributed by atoms with E-state index in [4.69, 9.17) is 5.26 Å². The standard InChI is InChI=1S/C21H23N3S/c1-15(2)25-23-14-16(3)18-5-7-20(8-6-18)24-11-10-19-12-17(13-22)4-9-21(19)24/h4-12,15-16,23H,14H2,1-3H3. The van der Waals surface area contributed by atoms with Gasteiger partial charge in [-0.3, -0.25) is 4.72 Å². The molecule has 3 nitrogen and oxygen atoms in total. The van der Waals surface area contributed by atoms with Crippen LogP contribution in [0.15, 0.2) is 54.7 Å².